The van der Waals surface area contributed by atoms with Gasteiger partial charge in [0.2, 0.25) is 0 Å². The zero-order chi connectivity index (χ0) is 21.4. The lowest BCUT2D eigenvalue weighted by Gasteiger charge is -2.27. The van der Waals surface area contributed by atoms with Crippen LogP contribution in [0.25, 0.3) is 0 Å². The summed E-state index contributed by atoms with van der Waals surface area (Å²) >= 11 is 0. The molecule has 0 N–H and O–H groups in total. The molecule has 1 heterocycles. The molecule has 1 aromatic carbocycles. The van der Waals surface area contributed by atoms with Crippen molar-refractivity contribution in [2.45, 2.75) is 39.9 Å². The van der Waals surface area contributed by atoms with Gasteiger partial charge in [0, 0.05) is 18.9 Å². The number of Topliss-reactive ketones (excluding diaryl/α,β-unsaturated/α-hetero) is 2. The van der Waals surface area contributed by atoms with Gasteiger partial charge in [-0.2, -0.15) is 0 Å². The minimum Gasteiger partial charge on any atom is -0.497 e. The molecule has 0 radical (unpaired) electrons. The van der Waals surface area contributed by atoms with Crippen LogP contribution in [0.5, 0.6) is 5.75 Å². The lowest BCUT2D eigenvalue weighted by molar-refractivity contribution is -0.141. The summed E-state index contributed by atoms with van der Waals surface area (Å²) in [5, 5.41) is 0. The van der Waals surface area contributed by atoms with Crippen molar-refractivity contribution in [1.29, 1.82) is 0 Å². The Balaban J connectivity index is 2.10. The Labute approximate surface area is 170 Å². The Morgan fingerprint density at radius 3 is 2.31 bits per heavy atom. The van der Waals surface area contributed by atoms with Crippen LogP contribution in [-0.4, -0.2) is 44.0 Å². The molecule has 7 nitrogen and oxygen atoms in total. The Kier molecular flexibility index (Phi) is 8.15. The molecule has 1 aromatic rings. The number of ether oxygens (including phenoxy) is 4. The topological polar surface area (TPSA) is 88.1 Å². The molecule has 2 rings (SSSR count). The van der Waals surface area contributed by atoms with E-state index in [9.17, 15) is 14.4 Å². The molecular weight excluding hydrogens is 376 g/mol. The molecule has 0 spiro atoms. The molecule has 0 saturated heterocycles. The predicted molar refractivity (Wildman–Crippen MR) is 105 cm³/mol. The van der Waals surface area contributed by atoms with Crippen molar-refractivity contribution in [1.82, 2.24) is 0 Å². The van der Waals surface area contributed by atoms with Gasteiger partial charge < -0.3 is 18.9 Å². The van der Waals surface area contributed by atoms with E-state index in [1.165, 1.54) is 19.9 Å². The molecule has 1 aliphatic rings. The van der Waals surface area contributed by atoms with Crippen molar-refractivity contribution in [2.24, 2.45) is 0 Å². The van der Waals surface area contributed by atoms with Crippen molar-refractivity contribution in [3.05, 3.63) is 52.8 Å². The standard InChI is InChI=1S/C22H26O7/c1-5-28-22(25)21-18(14(2)23)12-20(15(3)24)29-19(21)10-11-27-13-16-6-8-17(26-4)9-7-16/h6-9,12,19H,5,10-11,13H2,1-4H3. The number of hydrogen-bond donors (Lipinski definition) is 0. The largest absolute Gasteiger partial charge is 0.497 e. The highest BCUT2D eigenvalue weighted by atomic mass is 16.5. The molecule has 0 fully saturated rings. The first-order valence-corrected chi connectivity index (χ1v) is 9.39. The van der Waals surface area contributed by atoms with Gasteiger partial charge in [-0.15, -0.1) is 0 Å². The summed E-state index contributed by atoms with van der Waals surface area (Å²) in [6, 6.07) is 7.47. The normalized spacial score (nSPS) is 16.0. The molecule has 1 atom stereocenters. The zero-order valence-electron chi connectivity index (χ0n) is 17.2. The molecule has 0 aromatic heterocycles. The molecule has 7 heteroatoms. The summed E-state index contributed by atoms with van der Waals surface area (Å²) in [6.07, 6.45) is 0.796. The predicted octanol–water partition coefficient (Wildman–Crippen LogP) is 2.92. The van der Waals surface area contributed by atoms with E-state index in [-0.39, 0.29) is 48.1 Å². The van der Waals surface area contributed by atoms with E-state index in [2.05, 4.69) is 0 Å². The summed E-state index contributed by atoms with van der Waals surface area (Å²) < 4.78 is 21.6. The van der Waals surface area contributed by atoms with Gasteiger partial charge in [-0.3, -0.25) is 9.59 Å². The lowest BCUT2D eigenvalue weighted by atomic mass is 9.94. The van der Waals surface area contributed by atoms with Gasteiger partial charge >= 0.3 is 5.97 Å². The Morgan fingerprint density at radius 1 is 1.07 bits per heavy atom. The molecule has 29 heavy (non-hydrogen) atoms. The molecule has 1 unspecified atom stereocenters. The summed E-state index contributed by atoms with van der Waals surface area (Å²) in [7, 11) is 1.60. The van der Waals surface area contributed by atoms with Crippen molar-refractivity contribution in [3.8, 4) is 5.75 Å². The number of benzene rings is 1. The number of hydrogen-bond acceptors (Lipinski definition) is 7. The summed E-state index contributed by atoms with van der Waals surface area (Å²) in [4.78, 5) is 36.3. The highest BCUT2D eigenvalue weighted by Gasteiger charge is 2.33. The maximum atomic E-state index is 12.4. The highest BCUT2D eigenvalue weighted by molar-refractivity contribution is 6.07. The Morgan fingerprint density at radius 2 is 1.76 bits per heavy atom. The fourth-order valence-electron chi connectivity index (χ4n) is 2.86. The molecule has 156 valence electrons. The van der Waals surface area contributed by atoms with Crippen LogP contribution in [0.1, 0.15) is 32.8 Å². The number of carbonyl (C=O) groups excluding carboxylic acids is 3. The summed E-state index contributed by atoms with van der Waals surface area (Å²) in [5.74, 6) is -0.482. The van der Waals surface area contributed by atoms with Gasteiger partial charge in [0.1, 0.15) is 11.9 Å². The van der Waals surface area contributed by atoms with E-state index in [0.717, 1.165) is 11.3 Å². The Hall–Kier alpha value is -2.93. The van der Waals surface area contributed by atoms with E-state index in [4.69, 9.17) is 18.9 Å². The van der Waals surface area contributed by atoms with E-state index in [1.54, 1.807) is 14.0 Å². The van der Waals surface area contributed by atoms with Crippen molar-refractivity contribution in [2.75, 3.05) is 20.3 Å². The van der Waals surface area contributed by atoms with Crippen molar-refractivity contribution >= 4 is 17.5 Å². The first-order valence-electron chi connectivity index (χ1n) is 9.39. The molecule has 1 aliphatic heterocycles. The maximum absolute atomic E-state index is 12.4. The van der Waals surface area contributed by atoms with Gasteiger partial charge in [0.25, 0.3) is 0 Å². The van der Waals surface area contributed by atoms with Crippen LogP contribution >= 0.6 is 0 Å². The van der Waals surface area contributed by atoms with Gasteiger partial charge in [0.05, 0.1) is 32.5 Å². The minimum atomic E-state index is -0.798. The highest BCUT2D eigenvalue weighted by Crippen LogP contribution is 2.28. The second-order valence-corrected chi connectivity index (χ2v) is 6.46. The number of rotatable bonds is 10. The second kappa shape index (κ2) is 10.6. The van der Waals surface area contributed by atoms with Crippen molar-refractivity contribution < 1.29 is 33.3 Å². The summed E-state index contributed by atoms with van der Waals surface area (Å²) in [5.41, 5.74) is 1.22. The molecule has 0 aliphatic carbocycles. The third kappa shape index (κ3) is 6.02. The summed E-state index contributed by atoms with van der Waals surface area (Å²) in [6.45, 7) is 5.15. The average Bonchev–Trinajstić information content (AvgIpc) is 2.70. The van der Waals surface area contributed by atoms with E-state index >= 15 is 0 Å². The van der Waals surface area contributed by atoms with Crippen LogP contribution < -0.4 is 4.74 Å². The number of methoxy groups -OCH3 is 1. The molecule has 0 saturated carbocycles. The first kappa shape index (κ1) is 22.4. The van der Waals surface area contributed by atoms with Crippen LogP contribution in [-0.2, 0) is 35.2 Å². The van der Waals surface area contributed by atoms with Gasteiger partial charge in [-0.1, -0.05) is 12.1 Å². The van der Waals surface area contributed by atoms with Crippen LogP contribution in [0.15, 0.2) is 47.2 Å². The monoisotopic (exact) mass is 402 g/mol. The molecule has 0 amide bonds. The molecule has 0 bridgehead atoms. The van der Waals surface area contributed by atoms with E-state index < -0.39 is 12.1 Å². The number of carbonyl (C=O) groups is 3. The van der Waals surface area contributed by atoms with E-state index in [1.807, 2.05) is 24.3 Å². The van der Waals surface area contributed by atoms with Gasteiger partial charge in [-0.25, -0.2) is 4.79 Å². The van der Waals surface area contributed by atoms with Gasteiger partial charge in [0.15, 0.2) is 17.3 Å². The van der Waals surface area contributed by atoms with E-state index in [0.29, 0.717) is 6.61 Å². The van der Waals surface area contributed by atoms with Crippen molar-refractivity contribution in [3.63, 3.8) is 0 Å². The Bertz CT molecular complexity index is 818. The lowest BCUT2D eigenvalue weighted by Crippen LogP contribution is -2.31. The van der Waals surface area contributed by atoms with Crippen LogP contribution in [0, 0.1) is 0 Å². The number of esters is 1. The quantitative estimate of drug-likeness (QED) is 0.439. The number of ketones is 2. The fourth-order valence-corrected chi connectivity index (χ4v) is 2.86. The SMILES string of the molecule is CCOC(=O)C1=C(C(C)=O)C=C(C(C)=O)OC1CCOCc1ccc(OC)cc1. The average molecular weight is 402 g/mol. The number of allylic oxidation sites excluding steroid dienone is 3. The van der Waals surface area contributed by atoms with Crippen LogP contribution in [0.2, 0.25) is 0 Å². The first-order chi connectivity index (χ1) is 13.9. The maximum Gasteiger partial charge on any atom is 0.338 e. The van der Waals surface area contributed by atoms with Crippen LogP contribution in [0.4, 0.5) is 0 Å². The smallest absolute Gasteiger partial charge is 0.338 e. The fraction of sp³-hybridized carbons (Fsp3) is 0.409. The second-order valence-electron chi connectivity index (χ2n) is 6.46. The minimum absolute atomic E-state index is 0.0448. The molecular formula is C22H26O7. The third-order valence-electron chi connectivity index (χ3n) is 4.33. The third-order valence-corrected chi connectivity index (χ3v) is 4.33. The van der Waals surface area contributed by atoms with Crippen LogP contribution in [0.3, 0.4) is 0 Å². The zero-order valence-corrected chi connectivity index (χ0v) is 17.2. The van der Waals surface area contributed by atoms with Gasteiger partial charge in [-0.05, 0) is 37.6 Å².